The van der Waals surface area contributed by atoms with Gasteiger partial charge in [0, 0.05) is 184 Å². The fourth-order valence-electron chi connectivity index (χ4n) is 14.2. The summed E-state index contributed by atoms with van der Waals surface area (Å²) in [5.41, 5.74) is 15.4. The van der Waals surface area contributed by atoms with E-state index in [2.05, 4.69) is 194 Å². The number of rotatable bonds is 48. The van der Waals surface area contributed by atoms with E-state index < -0.39 is 17.6 Å². The lowest BCUT2D eigenvalue weighted by Crippen LogP contribution is -2.43. The van der Waals surface area contributed by atoms with Crippen LogP contribution >= 0.6 is 0 Å². The highest BCUT2D eigenvalue weighted by molar-refractivity contribution is 6.60. The average Bonchev–Trinajstić information content (AvgIpc) is 0.811. The van der Waals surface area contributed by atoms with Crippen molar-refractivity contribution < 1.29 is 67.4 Å². The molecule has 0 aromatic heterocycles. The first kappa shape index (κ1) is 105. The van der Waals surface area contributed by atoms with E-state index in [9.17, 15) is 20.4 Å². The Labute approximate surface area is 731 Å². The maximum absolute atomic E-state index is 11.7. The van der Waals surface area contributed by atoms with Crippen molar-refractivity contribution in [3.05, 3.63) is 237 Å². The van der Waals surface area contributed by atoms with Gasteiger partial charge in [-0.1, -0.05) is 198 Å². The molecule has 5 atom stereocenters. The monoisotopic (exact) mass is 1710 g/mol. The van der Waals surface area contributed by atoms with Gasteiger partial charge >= 0.3 is 17.6 Å². The van der Waals surface area contributed by atoms with Crippen molar-refractivity contribution in [3.8, 4) is 28.7 Å². The van der Waals surface area contributed by atoms with E-state index in [1.54, 1.807) is 60.9 Å². The molecule has 0 aliphatic rings. The first-order valence-electron chi connectivity index (χ1n) is 43.8. The van der Waals surface area contributed by atoms with E-state index in [0.29, 0.717) is 123 Å². The molecule has 5 unspecified atom stereocenters. The first-order valence-corrected chi connectivity index (χ1v) is 47.7. The van der Waals surface area contributed by atoms with Crippen LogP contribution < -0.4 is 14.7 Å². The number of phenols is 5. The standard InChI is InChI=1S/C34H50N2O4Si.C23H35NO4Si.C18H32N2O3.C14H23NO2.C10H14O/c1-7-9-21-35(32-17-12-10-13-18-32)26-30-24-29(28(3)8-2)25-31(34(30)37)27-36(33-19-14-11-15-20-33)22-16-23-41(38-4,39-5)40-6;1-6-19(2)20-13-14-23(25)21(17-20)18-24(22-11-8-7-9-12-22)15-10-16-29(26-3,27-4)28-5;1-5-14(2)15-10-16(12-19(3)6-8-21)18(23)17(11-15)13-20(4)7-9-22;1-4-11(2)12-5-6-14(17)13(9-12)10-15(3)7-8-16;1-3-8(2)9-4-6-10(11)7-5-9/h10-15,17-20,24-25,28,37H,7-9,16,21-23,26-27H2,1-6H3;7-9,11-14,17,19,25H,6,10,15-16,18H2,1-5H3;10-11,14,21-23H,5-9,12-13H2,1-4H3;5-6,9,11,16-17H,4,7-8,10H2,1-3H3;4-8,11H,3H2,1-2H3. The molecule has 0 radical (unpaired) electrons. The summed E-state index contributed by atoms with van der Waals surface area (Å²) in [6, 6.07) is 60.5. The van der Waals surface area contributed by atoms with Crippen molar-refractivity contribution in [2.75, 3.05) is 138 Å². The Morgan fingerprint density at radius 2 is 0.554 bits per heavy atom. The molecule has 0 heterocycles. The van der Waals surface area contributed by atoms with Gasteiger partial charge < -0.3 is 82.1 Å². The summed E-state index contributed by atoms with van der Waals surface area (Å²) in [6.45, 7) is 32.6. The van der Waals surface area contributed by atoms with E-state index in [0.717, 1.165) is 128 Å². The van der Waals surface area contributed by atoms with Gasteiger partial charge in [-0.3, -0.25) is 14.7 Å². The second-order valence-corrected chi connectivity index (χ2v) is 38.3. The van der Waals surface area contributed by atoms with Gasteiger partial charge in [-0.25, -0.2) is 0 Å². The fraction of sp³-hybridized carbons (Fsp3) is 0.515. The number of hydrogen-bond donors (Lipinski definition) is 8. The number of aliphatic hydroxyl groups is 3. The molecule has 0 fully saturated rings. The number of benzene rings is 8. The lowest BCUT2D eigenvalue weighted by Gasteiger charge is -2.30. The summed E-state index contributed by atoms with van der Waals surface area (Å²) in [5.74, 6) is 4.14. The van der Waals surface area contributed by atoms with Gasteiger partial charge in [0.2, 0.25) is 0 Å². The second-order valence-electron chi connectivity index (χ2n) is 32.1. The predicted molar refractivity (Wildman–Crippen MR) is 504 cm³/mol. The number of aromatic hydroxyl groups is 5. The second kappa shape index (κ2) is 57.5. The Morgan fingerprint density at radius 3 is 0.851 bits per heavy atom. The van der Waals surface area contributed by atoms with Crippen LogP contribution in [0.1, 0.15) is 225 Å². The van der Waals surface area contributed by atoms with Gasteiger partial charge in [0.05, 0.1) is 19.8 Å². The zero-order valence-corrected chi connectivity index (χ0v) is 79.2. The fourth-order valence-corrected chi connectivity index (χ4v) is 17.6. The van der Waals surface area contributed by atoms with Crippen molar-refractivity contribution in [2.45, 2.75) is 215 Å². The van der Waals surface area contributed by atoms with Crippen molar-refractivity contribution in [1.29, 1.82) is 0 Å². The zero-order chi connectivity index (χ0) is 89.5. The molecule has 672 valence electrons. The van der Waals surface area contributed by atoms with Crippen LogP contribution in [0.5, 0.6) is 28.7 Å². The van der Waals surface area contributed by atoms with Crippen molar-refractivity contribution >= 4 is 34.7 Å². The molecule has 8 aromatic carbocycles. The largest absolute Gasteiger partial charge is 0.508 e. The van der Waals surface area contributed by atoms with Crippen molar-refractivity contribution in [3.63, 3.8) is 0 Å². The summed E-state index contributed by atoms with van der Waals surface area (Å²) in [5, 5.41) is 78.7. The molecule has 8 rings (SSSR count). The Kier molecular flexibility index (Phi) is 50.1. The number of aliphatic hydroxyl groups excluding tert-OH is 3. The Bertz CT molecular complexity index is 4020. The average molecular weight is 1710 g/mol. The SMILES string of the molecule is CCC(C)c1cc(CN(C)CCO)c(O)c(CN(C)CCO)c1.CCC(C)c1ccc(O)c(CN(C)CCO)c1.CCC(C)c1ccc(O)c(CN(CCC[Si](OC)(OC)OC)c2ccccc2)c1.CCC(C)c1ccc(O)cc1.CCCCN(Cc1cc(C(C)CC)cc(CN(CCC[Si](OC)(OC)OC)c2ccccc2)c1O)c1ccccc1. The molecule has 0 spiro atoms. The molecular weight excluding hydrogens is 1550 g/mol. The molecule has 0 bridgehead atoms. The summed E-state index contributed by atoms with van der Waals surface area (Å²) in [7, 11) is 10.5. The highest BCUT2D eigenvalue weighted by Gasteiger charge is 2.38. The topological polar surface area (TPSA) is 237 Å². The maximum Gasteiger partial charge on any atom is 0.500 e. The smallest absolute Gasteiger partial charge is 0.500 e. The molecule has 0 saturated heterocycles. The number of para-hydroxylation sites is 3. The Balaban J connectivity index is 0.000000338. The molecule has 121 heavy (non-hydrogen) atoms. The number of hydrogen-bond acceptors (Lipinski definition) is 20. The lowest BCUT2D eigenvalue weighted by atomic mass is 9.93. The normalized spacial score (nSPS) is 12.7. The van der Waals surface area contributed by atoms with E-state index >= 15 is 0 Å². The number of phenolic OH excluding ortho intramolecular Hbond substituents is 5. The van der Waals surface area contributed by atoms with Crippen LogP contribution in [-0.4, -0.2) is 196 Å². The molecule has 20 nitrogen and oxygen atoms in total. The van der Waals surface area contributed by atoms with Gasteiger partial charge in [-0.15, -0.1) is 0 Å². The summed E-state index contributed by atoms with van der Waals surface area (Å²) >= 11 is 0. The molecule has 8 aromatic rings. The van der Waals surface area contributed by atoms with Crippen LogP contribution in [0.2, 0.25) is 12.1 Å². The van der Waals surface area contributed by atoms with Gasteiger partial charge in [0.25, 0.3) is 0 Å². The molecule has 22 heteroatoms. The molecule has 0 aliphatic heterocycles. The number of unbranched alkanes of at least 4 members (excludes halogenated alkanes) is 1. The minimum absolute atomic E-state index is 0.106. The van der Waals surface area contributed by atoms with Crippen LogP contribution in [-0.2, 0) is 65.8 Å². The van der Waals surface area contributed by atoms with E-state index in [1.807, 2.05) is 90.4 Å². The summed E-state index contributed by atoms with van der Waals surface area (Å²) in [4.78, 5) is 13.0. The highest BCUT2D eigenvalue weighted by atomic mass is 28.4. The Hall–Kier alpha value is -7.89. The molecule has 0 amide bonds. The van der Waals surface area contributed by atoms with Gasteiger partial charge in [-0.05, 0) is 191 Å². The highest BCUT2D eigenvalue weighted by Crippen LogP contribution is 2.37. The van der Waals surface area contributed by atoms with E-state index in [-0.39, 0.29) is 19.8 Å². The number of nitrogens with zero attached hydrogens (tertiary/aromatic N) is 6. The quantitative estimate of drug-likeness (QED) is 0.0166. The molecule has 0 saturated carbocycles. The minimum atomic E-state index is -2.67. The van der Waals surface area contributed by atoms with E-state index in [4.69, 9.17) is 47.0 Å². The van der Waals surface area contributed by atoms with Crippen LogP contribution in [0.15, 0.2) is 176 Å². The van der Waals surface area contributed by atoms with Crippen molar-refractivity contribution in [1.82, 2.24) is 14.7 Å². The van der Waals surface area contributed by atoms with Crippen LogP contribution in [0.4, 0.5) is 17.1 Å². The predicted octanol–water partition coefficient (Wildman–Crippen LogP) is 20.2. The summed E-state index contributed by atoms with van der Waals surface area (Å²) in [6.07, 6.45) is 9.33. The maximum atomic E-state index is 11.7. The zero-order valence-electron chi connectivity index (χ0n) is 77.2. The molecular formula is C99H154N6O14Si2. The van der Waals surface area contributed by atoms with Gasteiger partial charge in [0.1, 0.15) is 28.7 Å². The van der Waals surface area contributed by atoms with Crippen molar-refractivity contribution in [2.24, 2.45) is 0 Å². The van der Waals surface area contributed by atoms with Gasteiger partial charge in [-0.2, -0.15) is 0 Å². The number of likely N-dealkylation sites (N-methyl/N-ethyl adjacent to an activating group) is 3. The van der Waals surface area contributed by atoms with Crippen LogP contribution in [0.25, 0.3) is 0 Å². The first-order chi connectivity index (χ1) is 58.1. The molecule has 0 aliphatic carbocycles. The van der Waals surface area contributed by atoms with E-state index in [1.165, 1.54) is 33.5 Å². The summed E-state index contributed by atoms with van der Waals surface area (Å²) < 4.78 is 33.6. The third kappa shape index (κ3) is 35.7. The number of anilines is 3. The lowest BCUT2D eigenvalue weighted by molar-refractivity contribution is 0.122. The minimum Gasteiger partial charge on any atom is -0.508 e. The third-order valence-electron chi connectivity index (χ3n) is 23.3. The van der Waals surface area contributed by atoms with Crippen LogP contribution in [0.3, 0.4) is 0 Å². The van der Waals surface area contributed by atoms with Crippen LogP contribution in [0, 0.1) is 0 Å². The Morgan fingerprint density at radius 1 is 0.298 bits per heavy atom. The van der Waals surface area contributed by atoms with Gasteiger partial charge in [0.15, 0.2) is 0 Å². The molecule has 8 N–H and O–H groups in total. The third-order valence-corrected chi connectivity index (χ3v) is 28.9.